The highest BCUT2D eigenvalue weighted by molar-refractivity contribution is 7.16. The van der Waals surface area contributed by atoms with Crippen LogP contribution in [-0.4, -0.2) is 5.11 Å². The van der Waals surface area contributed by atoms with Gasteiger partial charge in [-0.3, -0.25) is 0 Å². The van der Waals surface area contributed by atoms with Gasteiger partial charge in [-0.15, -0.1) is 11.3 Å². The van der Waals surface area contributed by atoms with Crippen molar-refractivity contribution in [2.45, 2.75) is 31.8 Å². The maximum atomic E-state index is 9.97. The minimum atomic E-state index is -0.539. The molecule has 0 bridgehead atoms. The second kappa shape index (κ2) is 2.72. The number of rotatable bonds is 1. The second-order valence-corrected chi connectivity index (χ2v) is 5.11. The van der Waals surface area contributed by atoms with E-state index in [2.05, 4.69) is 0 Å². The van der Waals surface area contributed by atoms with Gasteiger partial charge in [-0.1, -0.05) is 11.6 Å². The molecule has 0 amide bonds. The van der Waals surface area contributed by atoms with Crippen molar-refractivity contribution in [3.05, 3.63) is 20.8 Å². The Morgan fingerprint density at radius 3 is 2.58 bits per heavy atom. The standard InChI is InChI=1S/C9H11ClOS/c1-6-5-7(12-8(6)10)9(11)3-2-4-9/h5,11H,2-4H2,1H3. The lowest BCUT2D eigenvalue weighted by Crippen LogP contribution is -2.32. The molecule has 0 spiro atoms. The Hall–Kier alpha value is -0.0500. The zero-order valence-corrected chi connectivity index (χ0v) is 8.50. The lowest BCUT2D eigenvalue weighted by atomic mass is 9.79. The van der Waals surface area contributed by atoms with Gasteiger partial charge in [-0.25, -0.2) is 0 Å². The molecule has 1 nitrogen and oxygen atoms in total. The predicted octanol–water partition coefficient (Wildman–Crippen LogP) is 3.08. The van der Waals surface area contributed by atoms with Crippen molar-refractivity contribution in [1.82, 2.24) is 0 Å². The number of thiophene rings is 1. The molecule has 0 radical (unpaired) electrons. The molecule has 1 N–H and O–H groups in total. The SMILES string of the molecule is Cc1cc(C2(O)CCC2)sc1Cl. The van der Waals surface area contributed by atoms with Crippen molar-refractivity contribution in [2.75, 3.05) is 0 Å². The second-order valence-electron chi connectivity index (χ2n) is 3.45. The van der Waals surface area contributed by atoms with Gasteiger partial charge in [-0.05, 0) is 37.8 Å². The van der Waals surface area contributed by atoms with E-state index in [9.17, 15) is 5.11 Å². The van der Waals surface area contributed by atoms with Crippen LogP contribution in [0.2, 0.25) is 4.34 Å². The van der Waals surface area contributed by atoms with Gasteiger partial charge in [0, 0.05) is 4.88 Å². The van der Waals surface area contributed by atoms with Crippen LogP contribution in [0.15, 0.2) is 6.07 Å². The number of hydrogen-bond donors (Lipinski definition) is 1. The molecule has 2 rings (SSSR count). The quantitative estimate of drug-likeness (QED) is 0.742. The van der Waals surface area contributed by atoms with Crippen molar-refractivity contribution in [3.63, 3.8) is 0 Å². The van der Waals surface area contributed by atoms with Gasteiger partial charge in [0.2, 0.25) is 0 Å². The van der Waals surface area contributed by atoms with E-state index in [4.69, 9.17) is 11.6 Å². The third-order valence-electron chi connectivity index (χ3n) is 2.50. The Morgan fingerprint density at radius 2 is 2.25 bits per heavy atom. The molecule has 0 atom stereocenters. The third-order valence-corrected chi connectivity index (χ3v) is 4.25. The van der Waals surface area contributed by atoms with Crippen LogP contribution in [0.3, 0.4) is 0 Å². The maximum absolute atomic E-state index is 9.97. The minimum absolute atomic E-state index is 0.539. The van der Waals surface area contributed by atoms with Crippen molar-refractivity contribution >= 4 is 22.9 Å². The molecule has 0 saturated heterocycles. The highest BCUT2D eigenvalue weighted by Gasteiger charge is 2.37. The fourth-order valence-corrected chi connectivity index (χ4v) is 2.79. The van der Waals surface area contributed by atoms with Crippen LogP contribution in [-0.2, 0) is 5.60 Å². The Balaban J connectivity index is 2.34. The molecule has 0 unspecified atom stereocenters. The van der Waals surface area contributed by atoms with Crippen molar-refractivity contribution in [1.29, 1.82) is 0 Å². The van der Waals surface area contributed by atoms with E-state index in [0.717, 1.165) is 34.0 Å². The van der Waals surface area contributed by atoms with E-state index in [-0.39, 0.29) is 0 Å². The van der Waals surface area contributed by atoms with E-state index < -0.39 is 5.60 Å². The van der Waals surface area contributed by atoms with Gasteiger partial charge < -0.3 is 5.11 Å². The van der Waals surface area contributed by atoms with E-state index in [1.165, 1.54) is 11.3 Å². The predicted molar refractivity (Wildman–Crippen MR) is 51.8 cm³/mol. The first kappa shape index (κ1) is 8.54. The normalized spacial score (nSPS) is 20.6. The van der Waals surface area contributed by atoms with Gasteiger partial charge in [0.1, 0.15) is 0 Å². The van der Waals surface area contributed by atoms with Crippen molar-refractivity contribution in [2.24, 2.45) is 0 Å². The molecular formula is C9H11ClOS. The summed E-state index contributed by atoms with van der Waals surface area (Å²) in [6.07, 6.45) is 2.91. The first-order valence-corrected chi connectivity index (χ1v) is 5.30. The van der Waals surface area contributed by atoms with Crippen LogP contribution >= 0.6 is 22.9 Å². The van der Waals surface area contributed by atoms with Gasteiger partial charge >= 0.3 is 0 Å². The zero-order valence-electron chi connectivity index (χ0n) is 6.93. The number of halogens is 1. The molecule has 1 aromatic heterocycles. The summed E-state index contributed by atoms with van der Waals surface area (Å²) in [5.74, 6) is 0. The van der Waals surface area contributed by atoms with Crippen LogP contribution < -0.4 is 0 Å². The van der Waals surface area contributed by atoms with Crippen LogP contribution in [0.25, 0.3) is 0 Å². The van der Waals surface area contributed by atoms with Gasteiger partial charge in [0.05, 0.1) is 9.94 Å². The van der Waals surface area contributed by atoms with Crippen molar-refractivity contribution in [3.8, 4) is 0 Å². The summed E-state index contributed by atoms with van der Waals surface area (Å²) >= 11 is 7.44. The summed E-state index contributed by atoms with van der Waals surface area (Å²) in [4.78, 5) is 1.04. The Morgan fingerprint density at radius 1 is 1.58 bits per heavy atom. The summed E-state index contributed by atoms with van der Waals surface area (Å²) in [6, 6.07) is 2.01. The molecule has 66 valence electrons. The van der Waals surface area contributed by atoms with Crippen LogP contribution in [0, 0.1) is 6.92 Å². The molecule has 1 aromatic rings. The topological polar surface area (TPSA) is 20.2 Å². The number of hydrogen-bond acceptors (Lipinski definition) is 2. The molecule has 3 heteroatoms. The molecule has 1 saturated carbocycles. The molecule has 0 aromatic carbocycles. The van der Waals surface area contributed by atoms with E-state index in [1.807, 2.05) is 13.0 Å². The Labute approximate surface area is 81.0 Å². The monoisotopic (exact) mass is 202 g/mol. The highest BCUT2D eigenvalue weighted by atomic mass is 35.5. The van der Waals surface area contributed by atoms with Gasteiger partial charge in [0.15, 0.2) is 0 Å². The molecule has 0 aliphatic heterocycles. The van der Waals surface area contributed by atoms with Gasteiger partial charge in [0.25, 0.3) is 0 Å². The van der Waals surface area contributed by atoms with Crippen LogP contribution in [0.1, 0.15) is 29.7 Å². The first-order chi connectivity index (χ1) is 5.62. The zero-order chi connectivity index (χ0) is 8.77. The van der Waals surface area contributed by atoms with E-state index >= 15 is 0 Å². The summed E-state index contributed by atoms with van der Waals surface area (Å²) in [5.41, 5.74) is 0.541. The molecular weight excluding hydrogens is 192 g/mol. The highest BCUT2D eigenvalue weighted by Crippen LogP contribution is 2.45. The summed E-state index contributed by atoms with van der Waals surface area (Å²) in [6.45, 7) is 1.98. The lowest BCUT2D eigenvalue weighted by Gasteiger charge is -2.35. The first-order valence-electron chi connectivity index (χ1n) is 4.11. The lowest BCUT2D eigenvalue weighted by molar-refractivity contribution is -0.0354. The van der Waals surface area contributed by atoms with E-state index in [1.54, 1.807) is 0 Å². The smallest absolute Gasteiger partial charge is 0.0988 e. The molecule has 12 heavy (non-hydrogen) atoms. The van der Waals surface area contributed by atoms with Crippen LogP contribution in [0.4, 0.5) is 0 Å². The van der Waals surface area contributed by atoms with Crippen LogP contribution in [0.5, 0.6) is 0 Å². The summed E-state index contributed by atoms with van der Waals surface area (Å²) < 4.78 is 0.810. The average molecular weight is 203 g/mol. The Kier molecular flexibility index (Phi) is 1.94. The summed E-state index contributed by atoms with van der Waals surface area (Å²) in [7, 11) is 0. The molecule has 1 aliphatic carbocycles. The average Bonchev–Trinajstić information content (AvgIpc) is 2.28. The third kappa shape index (κ3) is 1.18. The number of aryl methyl sites for hydroxylation is 1. The van der Waals surface area contributed by atoms with Crippen molar-refractivity contribution < 1.29 is 5.11 Å². The fraction of sp³-hybridized carbons (Fsp3) is 0.556. The van der Waals surface area contributed by atoms with E-state index in [0.29, 0.717) is 0 Å². The number of aliphatic hydroxyl groups is 1. The maximum Gasteiger partial charge on any atom is 0.0988 e. The molecule has 1 aliphatic rings. The molecule has 1 fully saturated rings. The fourth-order valence-electron chi connectivity index (χ4n) is 1.45. The Bertz CT molecular complexity index is 282. The van der Waals surface area contributed by atoms with Gasteiger partial charge in [-0.2, -0.15) is 0 Å². The largest absolute Gasteiger partial charge is 0.384 e. The summed E-state index contributed by atoms with van der Waals surface area (Å²) in [5, 5.41) is 9.97. The minimum Gasteiger partial charge on any atom is -0.384 e. The molecule has 1 heterocycles.